The van der Waals surface area contributed by atoms with Gasteiger partial charge in [0.2, 0.25) is 0 Å². The minimum Gasteiger partial charge on any atom is -0.507 e. The largest absolute Gasteiger partial charge is 0.507 e. The number of aromatic hydroxyl groups is 1. The average Bonchev–Trinajstić information content (AvgIpc) is 2.42. The lowest BCUT2D eigenvalue weighted by atomic mass is 10.2. The van der Waals surface area contributed by atoms with Gasteiger partial charge in [-0.15, -0.1) is 0 Å². The van der Waals surface area contributed by atoms with E-state index in [1.807, 2.05) is 0 Å². The molecule has 2 aromatic rings. The first-order valence-electron chi connectivity index (χ1n) is 5.29. The zero-order valence-corrected chi connectivity index (χ0v) is 9.45. The van der Waals surface area contributed by atoms with E-state index in [9.17, 15) is 9.90 Å². The second kappa shape index (κ2) is 5.58. The third kappa shape index (κ3) is 2.91. The number of phenolic OH excluding ortho intramolecular Hbond substituents is 1. The lowest BCUT2D eigenvalue weighted by Gasteiger charge is -1.99. The summed E-state index contributed by atoms with van der Waals surface area (Å²) >= 11 is 0. The predicted octanol–water partition coefficient (Wildman–Crippen LogP) is 1.55. The van der Waals surface area contributed by atoms with E-state index >= 15 is 0 Å². The molecule has 0 aliphatic carbocycles. The van der Waals surface area contributed by atoms with Crippen molar-refractivity contribution < 1.29 is 9.90 Å². The Hall–Kier alpha value is -2.69. The van der Waals surface area contributed by atoms with Crippen molar-refractivity contribution in [3.8, 4) is 5.75 Å². The van der Waals surface area contributed by atoms with Crippen LogP contribution >= 0.6 is 0 Å². The second-order valence-corrected chi connectivity index (χ2v) is 3.50. The third-order valence-electron chi connectivity index (χ3n) is 2.23. The van der Waals surface area contributed by atoms with Crippen LogP contribution in [-0.2, 0) is 0 Å². The summed E-state index contributed by atoms with van der Waals surface area (Å²) in [7, 11) is 0. The van der Waals surface area contributed by atoms with Crippen LogP contribution in [0.2, 0.25) is 0 Å². The van der Waals surface area contributed by atoms with Crippen LogP contribution in [-0.4, -0.2) is 22.2 Å². The van der Waals surface area contributed by atoms with E-state index in [0.717, 1.165) is 0 Å². The van der Waals surface area contributed by atoms with Gasteiger partial charge in [-0.1, -0.05) is 12.1 Å². The number of carbonyl (C=O) groups is 1. The van der Waals surface area contributed by atoms with Gasteiger partial charge in [0, 0.05) is 18.0 Å². The number of amides is 1. The number of carbonyl (C=O) groups excluding carboxylic acids is 1. The number of pyridine rings is 1. The van der Waals surface area contributed by atoms with Crippen molar-refractivity contribution >= 4 is 12.1 Å². The first kappa shape index (κ1) is 11.8. The van der Waals surface area contributed by atoms with Gasteiger partial charge in [-0.25, -0.2) is 5.43 Å². The van der Waals surface area contributed by atoms with Crippen LogP contribution in [0.1, 0.15) is 15.9 Å². The Kier molecular flexibility index (Phi) is 3.66. The maximum atomic E-state index is 11.6. The predicted molar refractivity (Wildman–Crippen MR) is 67.4 cm³/mol. The molecular weight excluding hydrogens is 230 g/mol. The van der Waals surface area contributed by atoms with Crippen molar-refractivity contribution in [3.63, 3.8) is 0 Å². The van der Waals surface area contributed by atoms with Crippen LogP contribution in [0.3, 0.4) is 0 Å². The molecule has 1 aromatic heterocycles. The average molecular weight is 241 g/mol. The Labute approximate surface area is 104 Å². The van der Waals surface area contributed by atoms with Crippen molar-refractivity contribution in [2.24, 2.45) is 5.10 Å². The second-order valence-electron chi connectivity index (χ2n) is 3.50. The fraction of sp³-hybridized carbons (Fsp3) is 0. The molecular formula is C13H11N3O2. The van der Waals surface area contributed by atoms with Gasteiger partial charge in [0.1, 0.15) is 5.75 Å². The van der Waals surface area contributed by atoms with Gasteiger partial charge in [0.15, 0.2) is 0 Å². The molecule has 0 atom stereocenters. The molecule has 5 nitrogen and oxygen atoms in total. The quantitative estimate of drug-likeness (QED) is 0.632. The number of hydrazone groups is 1. The molecule has 18 heavy (non-hydrogen) atoms. The number of hydrogen-bond donors (Lipinski definition) is 2. The fourth-order valence-corrected chi connectivity index (χ4v) is 1.32. The van der Waals surface area contributed by atoms with E-state index in [1.165, 1.54) is 12.4 Å². The number of rotatable bonds is 3. The molecule has 1 aromatic carbocycles. The highest BCUT2D eigenvalue weighted by atomic mass is 16.3. The van der Waals surface area contributed by atoms with Crippen molar-refractivity contribution in [2.45, 2.75) is 0 Å². The number of phenols is 1. The normalized spacial score (nSPS) is 10.4. The topological polar surface area (TPSA) is 74.6 Å². The first-order chi connectivity index (χ1) is 8.77. The number of para-hydroxylation sites is 1. The monoisotopic (exact) mass is 241 g/mol. The molecule has 0 aliphatic heterocycles. The summed E-state index contributed by atoms with van der Waals surface area (Å²) in [5.74, 6) is -0.244. The Bertz CT molecular complexity index is 567. The Morgan fingerprint density at radius 2 is 2.11 bits per heavy atom. The SMILES string of the molecule is O=C(N/N=C/c1ccccc1O)c1cccnc1. The molecule has 0 fully saturated rings. The molecule has 0 radical (unpaired) electrons. The minimum atomic E-state index is -0.352. The summed E-state index contributed by atoms with van der Waals surface area (Å²) in [4.78, 5) is 15.4. The molecule has 2 rings (SSSR count). The smallest absolute Gasteiger partial charge is 0.272 e. The zero-order valence-electron chi connectivity index (χ0n) is 9.45. The van der Waals surface area contributed by atoms with Crippen LogP contribution in [0.25, 0.3) is 0 Å². The Balaban J connectivity index is 2.00. The van der Waals surface area contributed by atoms with Crippen LogP contribution in [0.4, 0.5) is 0 Å². The van der Waals surface area contributed by atoms with E-state index in [1.54, 1.807) is 42.6 Å². The maximum absolute atomic E-state index is 11.6. The lowest BCUT2D eigenvalue weighted by Crippen LogP contribution is -2.17. The molecule has 1 heterocycles. The molecule has 5 heteroatoms. The fourth-order valence-electron chi connectivity index (χ4n) is 1.32. The van der Waals surface area contributed by atoms with Gasteiger partial charge in [0.05, 0.1) is 11.8 Å². The minimum absolute atomic E-state index is 0.108. The molecule has 2 N–H and O–H groups in total. The Morgan fingerprint density at radius 1 is 1.28 bits per heavy atom. The van der Waals surface area contributed by atoms with E-state index < -0.39 is 0 Å². The molecule has 0 spiro atoms. The summed E-state index contributed by atoms with van der Waals surface area (Å²) in [6.45, 7) is 0. The van der Waals surface area contributed by atoms with E-state index in [2.05, 4.69) is 15.5 Å². The number of benzene rings is 1. The van der Waals surface area contributed by atoms with E-state index in [0.29, 0.717) is 11.1 Å². The van der Waals surface area contributed by atoms with Crippen LogP contribution in [0.15, 0.2) is 53.9 Å². The van der Waals surface area contributed by atoms with Gasteiger partial charge in [-0.2, -0.15) is 5.10 Å². The van der Waals surface area contributed by atoms with Crippen LogP contribution < -0.4 is 5.43 Å². The molecule has 0 bridgehead atoms. The van der Waals surface area contributed by atoms with Gasteiger partial charge >= 0.3 is 0 Å². The van der Waals surface area contributed by atoms with Crippen molar-refractivity contribution in [1.29, 1.82) is 0 Å². The van der Waals surface area contributed by atoms with Crippen LogP contribution in [0, 0.1) is 0 Å². The number of nitrogens with zero attached hydrogens (tertiary/aromatic N) is 2. The van der Waals surface area contributed by atoms with E-state index in [4.69, 9.17) is 0 Å². The molecule has 0 saturated carbocycles. The summed E-state index contributed by atoms with van der Waals surface area (Å²) < 4.78 is 0. The highest BCUT2D eigenvalue weighted by molar-refractivity contribution is 5.94. The van der Waals surface area contributed by atoms with Crippen molar-refractivity contribution in [2.75, 3.05) is 0 Å². The molecule has 0 saturated heterocycles. The van der Waals surface area contributed by atoms with Gasteiger partial charge in [0.25, 0.3) is 5.91 Å². The first-order valence-corrected chi connectivity index (χ1v) is 5.29. The van der Waals surface area contributed by atoms with E-state index in [-0.39, 0.29) is 11.7 Å². The van der Waals surface area contributed by atoms with Gasteiger partial charge in [-0.05, 0) is 24.3 Å². The zero-order chi connectivity index (χ0) is 12.8. The number of hydrogen-bond acceptors (Lipinski definition) is 4. The third-order valence-corrected chi connectivity index (χ3v) is 2.23. The lowest BCUT2D eigenvalue weighted by molar-refractivity contribution is 0.0954. The standard InChI is InChI=1S/C13H11N3O2/c17-12-6-2-1-4-10(12)9-15-16-13(18)11-5-3-7-14-8-11/h1-9,17H,(H,16,18)/b15-9+. The highest BCUT2D eigenvalue weighted by Crippen LogP contribution is 2.12. The van der Waals surface area contributed by atoms with Gasteiger partial charge < -0.3 is 5.11 Å². The summed E-state index contributed by atoms with van der Waals surface area (Å²) in [5.41, 5.74) is 3.31. The highest BCUT2D eigenvalue weighted by Gasteiger charge is 2.02. The van der Waals surface area contributed by atoms with Crippen molar-refractivity contribution in [3.05, 3.63) is 59.9 Å². The number of aromatic nitrogens is 1. The molecule has 0 aliphatic rings. The summed E-state index contributed by atoms with van der Waals surface area (Å²) in [5, 5.41) is 13.2. The molecule has 90 valence electrons. The molecule has 1 amide bonds. The maximum Gasteiger partial charge on any atom is 0.272 e. The van der Waals surface area contributed by atoms with Gasteiger partial charge in [-0.3, -0.25) is 9.78 Å². The van der Waals surface area contributed by atoms with Crippen LogP contribution in [0.5, 0.6) is 5.75 Å². The summed E-state index contributed by atoms with van der Waals surface area (Å²) in [6, 6.07) is 10.0. The summed E-state index contributed by atoms with van der Waals surface area (Å²) in [6.07, 6.45) is 4.41. The Morgan fingerprint density at radius 3 is 2.83 bits per heavy atom. The van der Waals surface area contributed by atoms with Crippen molar-refractivity contribution in [1.82, 2.24) is 10.4 Å². The molecule has 0 unspecified atom stereocenters. The number of nitrogens with one attached hydrogen (secondary N) is 1.